The average Bonchev–Trinajstić information content (AvgIpc) is 3.28. The van der Waals surface area contributed by atoms with Gasteiger partial charge in [-0.3, -0.25) is 9.80 Å². The van der Waals surface area contributed by atoms with Crippen molar-refractivity contribution >= 4 is 0 Å². The van der Waals surface area contributed by atoms with Crippen LogP contribution in [0.3, 0.4) is 0 Å². The number of nitrogens with one attached hydrogen (secondary N) is 1. The summed E-state index contributed by atoms with van der Waals surface area (Å²) in [6.45, 7) is 8.22. The molecule has 0 bridgehead atoms. The van der Waals surface area contributed by atoms with E-state index in [-0.39, 0.29) is 0 Å². The second kappa shape index (κ2) is 7.85. The van der Waals surface area contributed by atoms with Crippen molar-refractivity contribution < 1.29 is 4.74 Å². The molecule has 4 heteroatoms. The Labute approximate surface area is 146 Å². The minimum Gasteiger partial charge on any atom is -0.490 e. The fourth-order valence-corrected chi connectivity index (χ4v) is 4.48. The Balaban J connectivity index is 1.30. The SMILES string of the molecule is c1cc(CN2CCC(N3CCNCC3)C2)cc(OC2CCCC2)c1. The molecule has 2 heterocycles. The Hall–Kier alpha value is -1.10. The zero-order valence-corrected chi connectivity index (χ0v) is 14.8. The number of benzene rings is 1. The van der Waals surface area contributed by atoms with Crippen molar-refractivity contribution in [3.05, 3.63) is 29.8 Å². The number of rotatable bonds is 5. The van der Waals surface area contributed by atoms with Crippen molar-refractivity contribution in [2.24, 2.45) is 0 Å². The first kappa shape index (κ1) is 16.4. The molecule has 24 heavy (non-hydrogen) atoms. The molecule has 1 aromatic carbocycles. The van der Waals surface area contributed by atoms with E-state index in [4.69, 9.17) is 4.74 Å². The summed E-state index contributed by atoms with van der Waals surface area (Å²) in [6, 6.07) is 9.54. The summed E-state index contributed by atoms with van der Waals surface area (Å²) in [5.41, 5.74) is 1.39. The van der Waals surface area contributed by atoms with Crippen LogP contribution in [-0.4, -0.2) is 61.2 Å². The van der Waals surface area contributed by atoms with Gasteiger partial charge in [0.05, 0.1) is 6.10 Å². The second-order valence-corrected chi connectivity index (χ2v) is 7.64. The molecular formula is C20H31N3O. The molecule has 2 saturated heterocycles. The molecule has 2 aliphatic heterocycles. The highest BCUT2D eigenvalue weighted by molar-refractivity contribution is 5.29. The monoisotopic (exact) mass is 329 g/mol. The number of piperazine rings is 1. The Bertz CT molecular complexity index is 523. The van der Waals surface area contributed by atoms with Crippen molar-refractivity contribution in [2.45, 2.75) is 50.8 Å². The van der Waals surface area contributed by atoms with Gasteiger partial charge in [0.2, 0.25) is 0 Å². The number of ether oxygens (including phenoxy) is 1. The first-order chi connectivity index (χ1) is 11.9. The molecule has 1 unspecified atom stereocenters. The zero-order chi connectivity index (χ0) is 16.2. The maximum absolute atomic E-state index is 6.16. The zero-order valence-electron chi connectivity index (χ0n) is 14.8. The molecule has 1 atom stereocenters. The molecule has 3 fully saturated rings. The first-order valence-electron chi connectivity index (χ1n) is 9.79. The van der Waals surface area contributed by atoms with Gasteiger partial charge in [0.1, 0.15) is 5.75 Å². The number of hydrogen-bond donors (Lipinski definition) is 1. The van der Waals surface area contributed by atoms with Gasteiger partial charge in [-0.05, 0) is 49.8 Å². The first-order valence-corrected chi connectivity index (χ1v) is 9.79. The normalized spacial score (nSPS) is 26.9. The molecule has 1 aliphatic carbocycles. The summed E-state index contributed by atoms with van der Waals surface area (Å²) >= 11 is 0. The van der Waals surface area contributed by atoms with E-state index in [1.54, 1.807) is 0 Å². The lowest BCUT2D eigenvalue weighted by molar-refractivity contribution is 0.170. The van der Waals surface area contributed by atoms with E-state index in [1.807, 2.05) is 0 Å². The van der Waals surface area contributed by atoms with Gasteiger partial charge in [-0.25, -0.2) is 0 Å². The minimum absolute atomic E-state index is 0.448. The van der Waals surface area contributed by atoms with Crippen molar-refractivity contribution in [2.75, 3.05) is 39.3 Å². The topological polar surface area (TPSA) is 27.7 Å². The lowest BCUT2D eigenvalue weighted by atomic mass is 10.2. The summed E-state index contributed by atoms with van der Waals surface area (Å²) in [4.78, 5) is 5.29. The lowest BCUT2D eigenvalue weighted by Gasteiger charge is -2.32. The van der Waals surface area contributed by atoms with Gasteiger partial charge >= 0.3 is 0 Å². The smallest absolute Gasteiger partial charge is 0.120 e. The van der Waals surface area contributed by atoms with E-state index in [0.29, 0.717) is 6.10 Å². The molecular weight excluding hydrogens is 298 g/mol. The van der Waals surface area contributed by atoms with Gasteiger partial charge in [0, 0.05) is 51.9 Å². The van der Waals surface area contributed by atoms with Crippen molar-refractivity contribution in [1.82, 2.24) is 15.1 Å². The van der Waals surface area contributed by atoms with Gasteiger partial charge in [0.15, 0.2) is 0 Å². The molecule has 132 valence electrons. The van der Waals surface area contributed by atoms with Crippen LogP contribution in [0.5, 0.6) is 5.75 Å². The van der Waals surface area contributed by atoms with Crippen molar-refractivity contribution in [3.63, 3.8) is 0 Å². The molecule has 1 N–H and O–H groups in total. The van der Waals surface area contributed by atoms with Crippen LogP contribution in [-0.2, 0) is 6.54 Å². The predicted octanol–water partition coefficient (Wildman–Crippen LogP) is 2.49. The molecule has 4 rings (SSSR count). The van der Waals surface area contributed by atoms with E-state index in [2.05, 4.69) is 39.4 Å². The van der Waals surface area contributed by atoms with Crippen LogP contribution in [0.4, 0.5) is 0 Å². The molecule has 0 radical (unpaired) electrons. The largest absolute Gasteiger partial charge is 0.490 e. The Morgan fingerprint density at radius 1 is 1.04 bits per heavy atom. The molecule has 0 spiro atoms. The van der Waals surface area contributed by atoms with E-state index in [9.17, 15) is 0 Å². The Morgan fingerprint density at radius 2 is 1.88 bits per heavy atom. The maximum Gasteiger partial charge on any atom is 0.120 e. The van der Waals surface area contributed by atoms with Gasteiger partial charge in [-0.15, -0.1) is 0 Å². The van der Waals surface area contributed by atoms with E-state index in [1.165, 1.54) is 63.8 Å². The fourth-order valence-electron chi connectivity index (χ4n) is 4.48. The van der Waals surface area contributed by atoms with Crippen molar-refractivity contribution in [3.8, 4) is 5.75 Å². The third kappa shape index (κ3) is 4.11. The summed E-state index contributed by atoms with van der Waals surface area (Å²) in [5.74, 6) is 1.07. The highest BCUT2D eigenvalue weighted by Crippen LogP contribution is 2.25. The molecule has 0 aromatic heterocycles. The van der Waals surface area contributed by atoms with Crippen LogP contribution >= 0.6 is 0 Å². The summed E-state index contributed by atoms with van der Waals surface area (Å²) < 4.78 is 6.16. The molecule has 3 aliphatic rings. The molecule has 1 aromatic rings. The van der Waals surface area contributed by atoms with Gasteiger partial charge in [-0.2, -0.15) is 0 Å². The second-order valence-electron chi connectivity index (χ2n) is 7.64. The van der Waals surface area contributed by atoms with Gasteiger partial charge in [0.25, 0.3) is 0 Å². The van der Waals surface area contributed by atoms with E-state index < -0.39 is 0 Å². The minimum atomic E-state index is 0.448. The highest BCUT2D eigenvalue weighted by atomic mass is 16.5. The van der Waals surface area contributed by atoms with Crippen LogP contribution < -0.4 is 10.1 Å². The van der Waals surface area contributed by atoms with Crippen LogP contribution in [0.15, 0.2) is 24.3 Å². The fraction of sp³-hybridized carbons (Fsp3) is 0.700. The standard InChI is InChI=1S/C20H31N3O/c1-2-6-19(5-1)24-20-7-3-4-17(14-20)15-22-11-8-18(16-22)23-12-9-21-10-13-23/h3-4,7,14,18-19,21H,1-2,5-6,8-13,15-16H2. The van der Waals surface area contributed by atoms with E-state index in [0.717, 1.165) is 31.4 Å². The third-order valence-corrected chi connectivity index (χ3v) is 5.83. The Morgan fingerprint density at radius 3 is 2.71 bits per heavy atom. The highest BCUT2D eigenvalue weighted by Gasteiger charge is 2.28. The van der Waals surface area contributed by atoms with Crippen LogP contribution in [0.2, 0.25) is 0 Å². The maximum atomic E-state index is 6.16. The quantitative estimate of drug-likeness (QED) is 0.898. The number of likely N-dealkylation sites (tertiary alicyclic amines) is 1. The molecule has 0 amide bonds. The Kier molecular flexibility index (Phi) is 5.36. The van der Waals surface area contributed by atoms with Crippen LogP contribution in [0.25, 0.3) is 0 Å². The lowest BCUT2D eigenvalue weighted by Crippen LogP contribution is -2.49. The third-order valence-electron chi connectivity index (χ3n) is 5.83. The van der Waals surface area contributed by atoms with E-state index >= 15 is 0 Å². The molecule has 4 nitrogen and oxygen atoms in total. The van der Waals surface area contributed by atoms with Crippen LogP contribution in [0, 0.1) is 0 Å². The van der Waals surface area contributed by atoms with Gasteiger partial charge in [-0.1, -0.05) is 12.1 Å². The summed E-state index contributed by atoms with van der Waals surface area (Å²) in [7, 11) is 0. The molecule has 1 saturated carbocycles. The average molecular weight is 329 g/mol. The number of hydrogen-bond acceptors (Lipinski definition) is 4. The van der Waals surface area contributed by atoms with Crippen LogP contribution in [0.1, 0.15) is 37.7 Å². The predicted molar refractivity (Wildman–Crippen MR) is 97.5 cm³/mol. The van der Waals surface area contributed by atoms with Crippen molar-refractivity contribution in [1.29, 1.82) is 0 Å². The number of nitrogens with zero attached hydrogens (tertiary/aromatic N) is 2. The van der Waals surface area contributed by atoms with Gasteiger partial charge < -0.3 is 10.1 Å². The summed E-state index contributed by atoms with van der Waals surface area (Å²) in [5, 5.41) is 3.46. The summed E-state index contributed by atoms with van der Waals surface area (Å²) in [6.07, 6.45) is 6.87.